The molecule has 0 radical (unpaired) electrons. The molecule has 1 aliphatic heterocycles. The van der Waals surface area contributed by atoms with Gasteiger partial charge in [0.05, 0.1) is 5.75 Å². The topological polar surface area (TPSA) is 81.6 Å². The Morgan fingerprint density at radius 1 is 1.11 bits per heavy atom. The van der Waals surface area contributed by atoms with Crippen LogP contribution in [0.4, 0.5) is 11.4 Å². The van der Waals surface area contributed by atoms with Gasteiger partial charge in [-0.1, -0.05) is 25.1 Å². The highest BCUT2D eigenvalue weighted by atomic mass is 79.9. The smallest absolute Gasteiger partial charge is 0.288 e. The Bertz CT molecular complexity index is 1140. The molecule has 0 N–H and O–H groups in total. The maximum Gasteiger partial charge on any atom is 0.288 e. The van der Waals surface area contributed by atoms with E-state index in [1.807, 2.05) is 6.07 Å². The summed E-state index contributed by atoms with van der Waals surface area (Å²) in [5.74, 6) is 1.26. The summed E-state index contributed by atoms with van der Waals surface area (Å²) in [6, 6.07) is 14.1. The zero-order valence-corrected chi connectivity index (χ0v) is 17.3. The fourth-order valence-electron chi connectivity index (χ4n) is 2.89. The first-order valence-corrected chi connectivity index (χ1v) is 11.0. The third-order valence-electron chi connectivity index (χ3n) is 4.01. The summed E-state index contributed by atoms with van der Waals surface area (Å²) < 4.78 is 37.1. The molecule has 0 atom stereocenters. The maximum atomic E-state index is 12.5. The van der Waals surface area contributed by atoms with Crippen LogP contribution in [0.25, 0.3) is 11.4 Å². The van der Waals surface area contributed by atoms with Crippen LogP contribution >= 0.6 is 15.9 Å². The summed E-state index contributed by atoms with van der Waals surface area (Å²) in [6.45, 7) is 1.78. The summed E-state index contributed by atoms with van der Waals surface area (Å²) >= 11 is 3.34. The lowest BCUT2D eigenvalue weighted by molar-refractivity contribution is 0.308. The molecule has 1 aliphatic rings. The van der Waals surface area contributed by atoms with Crippen molar-refractivity contribution in [1.29, 1.82) is 0 Å². The van der Waals surface area contributed by atoms with E-state index in [0.29, 0.717) is 45.3 Å². The van der Waals surface area contributed by atoms with Gasteiger partial charge < -0.3 is 4.74 Å². The van der Waals surface area contributed by atoms with Gasteiger partial charge in [-0.2, -0.15) is 13.5 Å². The molecule has 0 saturated heterocycles. The predicted molar refractivity (Wildman–Crippen MR) is 109 cm³/mol. The maximum absolute atomic E-state index is 12.5. The number of ether oxygens (including phenoxy) is 1. The Labute approximate surface area is 171 Å². The van der Waals surface area contributed by atoms with Gasteiger partial charge in [0, 0.05) is 11.8 Å². The number of fused-ring (bicyclic) bond motifs is 2. The van der Waals surface area contributed by atoms with Crippen LogP contribution in [0.1, 0.15) is 13.3 Å². The fourth-order valence-corrected chi connectivity index (χ4v) is 4.13. The van der Waals surface area contributed by atoms with Crippen molar-refractivity contribution in [2.75, 3.05) is 10.8 Å². The molecule has 0 amide bonds. The lowest BCUT2D eigenvalue weighted by Gasteiger charge is -2.32. The molecular weight excluding hydrogens is 446 g/mol. The first-order valence-electron chi connectivity index (χ1n) is 8.60. The van der Waals surface area contributed by atoms with Crippen LogP contribution in [0, 0.1) is 0 Å². The quantitative estimate of drug-likeness (QED) is 0.503. The highest BCUT2D eigenvalue weighted by Crippen LogP contribution is 2.50. The van der Waals surface area contributed by atoms with Crippen molar-refractivity contribution in [3.8, 4) is 22.9 Å². The molecule has 4 rings (SSSR count). The minimum absolute atomic E-state index is 0.0998. The molecule has 0 aliphatic carbocycles. The Morgan fingerprint density at radius 2 is 1.89 bits per heavy atom. The number of aromatic nitrogens is 2. The molecule has 2 heterocycles. The fraction of sp³-hybridized carbons (Fsp3) is 0.158. The van der Waals surface area contributed by atoms with E-state index in [9.17, 15) is 8.42 Å². The largest absolute Gasteiger partial charge is 0.453 e. The van der Waals surface area contributed by atoms with Gasteiger partial charge in [-0.15, -0.1) is 4.28 Å². The number of rotatable bonds is 5. The minimum Gasteiger partial charge on any atom is -0.453 e. The molecular formula is C19H16BrN3O4S. The van der Waals surface area contributed by atoms with Gasteiger partial charge in [-0.05, 0) is 52.7 Å². The second kappa shape index (κ2) is 7.50. The Hall–Kier alpha value is -2.49. The number of hydrogen-bond donors (Lipinski definition) is 0. The van der Waals surface area contributed by atoms with E-state index in [4.69, 9.17) is 9.02 Å². The predicted octanol–water partition coefficient (Wildman–Crippen LogP) is 4.82. The van der Waals surface area contributed by atoms with Crippen LogP contribution in [0.15, 0.2) is 59.3 Å². The summed E-state index contributed by atoms with van der Waals surface area (Å²) in [5.41, 5.74) is 1.50. The number of benzene rings is 2. The van der Waals surface area contributed by atoms with E-state index in [1.165, 1.54) is 5.06 Å². The second-order valence-electron chi connectivity index (χ2n) is 6.06. The molecule has 0 unspecified atom stereocenters. The zero-order chi connectivity index (χ0) is 19.7. The molecule has 3 aromatic rings. The first kappa shape index (κ1) is 18.9. The van der Waals surface area contributed by atoms with E-state index < -0.39 is 10.1 Å². The number of anilines is 2. The van der Waals surface area contributed by atoms with Crippen molar-refractivity contribution in [3.05, 3.63) is 59.3 Å². The van der Waals surface area contributed by atoms with Crippen molar-refractivity contribution in [2.24, 2.45) is 0 Å². The Kier molecular flexibility index (Phi) is 5.05. The average molecular weight is 462 g/mol. The summed E-state index contributed by atoms with van der Waals surface area (Å²) in [6.07, 6.45) is 2.06. The molecule has 9 heteroatoms. The van der Waals surface area contributed by atoms with E-state index in [2.05, 4.69) is 25.9 Å². The normalized spacial score (nSPS) is 12.9. The van der Waals surface area contributed by atoms with Crippen molar-refractivity contribution in [3.63, 3.8) is 0 Å². The summed E-state index contributed by atoms with van der Waals surface area (Å²) in [7, 11) is -3.80. The number of hydrogen-bond acceptors (Lipinski definition) is 7. The van der Waals surface area contributed by atoms with Gasteiger partial charge in [0.15, 0.2) is 17.3 Å². The zero-order valence-electron chi connectivity index (χ0n) is 14.9. The van der Waals surface area contributed by atoms with Crippen LogP contribution in [0.3, 0.4) is 0 Å². The SMILES string of the molecule is CCCS(=O)(=O)ON1c2ccccc2Oc2cccc(-c3nccc(Br)n3)c21. The van der Waals surface area contributed by atoms with Crippen LogP contribution in [-0.2, 0) is 14.4 Å². The molecule has 0 spiro atoms. The first-order chi connectivity index (χ1) is 13.5. The summed E-state index contributed by atoms with van der Waals surface area (Å²) in [4.78, 5) is 8.71. The molecule has 2 aromatic carbocycles. The van der Waals surface area contributed by atoms with Crippen LogP contribution in [-0.4, -0.2) is 24.1 Å². The van der Waals surface area contributed by atoms with Gasteiger partial charge in [0.2, 0.25) is 0 Å². The molecule has 7 nitrogen and oxygen atoms in total. The molecule has 0 saturated carbocycles. The molecule has 1 aromatic heterocycles. The van der Waals surface area contributed by atoms with Gasteiger partial charge in [0.25, 0.3) is 10.1 Å². The second-order valence-corrected chi connectivity index (χ2v) is 8.54. The molecule has 0 fully saturated rings. The monoisotopic (exact) mass is 461 g/mol. The number of halogens is 1. The van der Waals surface area contributed by atoms with Gasteiger partial charge in [0.1, 0.15) is 16.0 Å². The van der Waals surface area contributed by atoms with Gasteiger partial charge in [-0.3, -0.25) is 0 Å². The van der Waals surface area contributed by atoms with E-state index in [-0.39, 0.29) is 5.75 Å². The summed E-state index contributed by atoms with van der Waals surface area (Å²) in [5, 5.41) is 1.29. The van der Waals surface area contributed by atoms with E-state index >= 15 is 0 Å². The Morgan fingerprint density at radius 3 is 2.68 bits per heavy atom. The number of para-hydroxylation sites is 3. The van der Waals surface area contributed by atoms with Crippen molar-refractivity contribution < 1.29 is 17.4 Å². The molecule has 0 bridgehead atoms. The lowest BCUT2D eigenvalue weighted by atomic mass is 10.1. The average Bonchev–Trinajstić information content (AvgIpc) is 2.67. The molecule has 144 valence electrons. The third-order valence-corrected chi connectivity index (χ3v) is 5.74. The van der Waals surface area contributed by atoms with E-state index in [1.54, 1.807) is 55.6 Å². The molecule has 28 heavy (non-hydrogen) atoms. The Balaban J connectivity index is 1.92. The standard InChI is InChI=1S/C19H16BrN3O4S/c1-2-12-28(24,25)27-23-14-7-3-4-8-15(14)26-16-9-5-6-13(18(16)23)19-21-11-10-17(20)22-19/h3-11H,2,12H2,1H3. The van der Waals surface area contributed by atoms with Gasteiger partial charge in [-0.25, -0.2) is 9.97 Å². The van der Waals surface area contributed by atoms with Crippen LogP contribution in [0.5, 0.6) is 11.5 Å². The van der Waals surface area contributed by atoms with Crippen LogP contribution < -0.4 is 9.80 Å². The highest BCUT2D eigenvalue weighted by Gasteiger charge is 2.32. The third kappa shape index (κ3) is 3.60. The van der Waals surface area contributed by atoms with Crippen LogP contribution in [0.2, 0.25) is 0 Å². The van der Waals surface area contributed by atoms with Crippen molar-refractivity contribution in [1.82, 2.24) is 9.97 Å². The number of nitrogens with zero attached hydrogens (tertiary/aromatic N) is 3. The van der Waals surface area contributed by atoms with Crippen molar-refractivity contribution >= 4 is 37.4 Å². The van der Waals surface area contributed by atoms with Crippen molar-refractivity contribution in [2.45, 2.75) is 13.3 Å². The van der Waals surface area contributed by atoms with E-state index in [0.717, 1.165) is 0 Å². The van der Waals surface area contributed by atoms with Gasteiger partial charge >= 0.3 is 0 Å². The highest BCUT2D eigenvalue weighted by molar-refractivity contribution is 9.10. The minimum atomic E-state index is -3.80. The lowest BCUT2D eigenvalue weighted by Crippen LogP contribution is -2.27.